The third kappa shape index (κ3) is 16.8. The van der Waals surface area contributed by atoms with Crippen molar-refractivity contribution in [1.29, 1.82) is 0 Å². The Morgan fingerprint density at radius 3 is 1.02 bits per heavy atom. The van der Waals surface area contributed by atoms with Crippen molar-refractivity contribution in [3.8, 4) is 0 Å². The number of urea groups is 3. The summed E-state index contributed by atoms with van der Waals surface area (Å²) in [7, 11) is 0. The molecule has 12 unspecified atom stereocenters. The number of fused-ring (bicyclic) bond motifs is 6. The monoisotopic (exact) mass is 1660 g/mol. The van der Waals surface area contributed by atoms with Crippen LogP contribution in [0.3, 0.4) is 0 Å². The fourth-order valence-corrected chi connectivity index (χ4v) is 16.2. The second-order valence-electron chi connectivity index (χ2n) is 29.1. The van der Waals surface area contributed by atoms with Gasteiger partial charge in [-0.05, 0) is 82.6 Å². The zero-order valence-electron chi connectivity index (χ0n) is 65.2. The SMILES string of the molecule is CCNC(=O)Nc1ncnc2c1ncn2C1OC(C(=O)N2CCC[C@H]2C(=O)O)C2O[C@@H](c3ccccc3)OC21.CCNC(=O)Nc1ncnc2c1ncn2C1OC(C(=O)N2CCC[C@H]2C(=O)O)C2O[C@H](/C=C/c3ccccc3)OC21.CCNC(=O)Nc1ncnc2c1ncn2C1OC(C(=O)N2CCC[C@H]2C(=O)O)C2O[C@H](/C=C/c3ccccc3)OC21. The molecule has 42 nitrogen and oxygen atoms in total. The Hall–Kier alpha value is -12.9. The Kier molecular flexibility index (Phi) is 24.3. The van der Waals surface area contributed by atoms with Crippen molar-refractivity contribution < 1.29 is 101 Å². The van der Waals surface area contributed by atoms with Gasteiger partial charge in [0.1, 0.15) is 73.7 Å². The Morgan fingerprint density at radius 2 is 0.694 bits per heavy atom. The summed E-state index contributed by atoms with van der Waals surface area (Å²) < 4.78 is 61.0. The number of benzene rings is 3. The highest BCUT2D eigenvalue weighted by Crippen LogP contribution is 2.48. The van der Waals surface area contributed by atoms with Crippen molar-refractivity contribution in [2.45, 2.75) is 170 Å². The van der Waals surface area contributed by atoms with Crippen LogP contribution in [0.5, 0.6) is 0 Å². The molecule has 6 aromatic heterocycles. The van der Waals surface area contributed by atoms with Crippen LogP contribution in [0, 0.1) is 0 Å². The lowest BCUT2D eigenvalue weighted by Crippen LogP contribution is -2.49. The molecular formula is C79H85N21O21. The molecule has 0 bridgehead atoms. The number of nitrogens with zero attached hydrogens (tertiary/aromatic N) is 15. The fraction of sp³-hybridized carbons (Fsp3) is 0.418. The van der Waals surface area contributed by atoms with E-state index in [4.69, 9.17) is 42.6 Å². The Balaban J connectivity index is 0.000000135. The van der Waals surface area contributed by atoms with Crippen LogP contribution >= 0.6 is 0 Å². The maximum atomic E-state index is 13.7. The van der Waals surface area contributed by atoms with Gasteiger partial charge in [-0.25, -0.2) is 73.6 Å². The van der Waals surface area contributed by atoms with E-state index < -0.39 is 164 Å². The minimum Gasteiger partial charge on any atom is -0.480 e. The predicted molar refractivity (Wildman–Crippen MR) is 420 cm³/mol. The van der Waals surface area contributed by atoms with E-state index >= 15 is 0 Å². The molecule has 9 N–H and O–H groups in total. The van der Waals surface area contributed by atoms with Crippen LogP contribution in [0.25, 0.3) is 45.6 Å². The third-order valence-corrected chi connectivity index (χ3v) is 21.7. The molecule has 9 aliphatic rings. The summed E-state index contributed by atoms with van der Waals surface area (Å²) in [5, 5.41) is 44.9. The number of carboxylic acids is 3. The van der Waals surface area contributed by atoms with Gasteiger partial charge in [-0.15, -0.1) is 0 Å². The number of carbonyl (C=O) groups excluding carboxylic acids is 6. The molecular weight excluding hydrogens is 1580 g/mol. The highest BCUT2D eigenvalue weighted by atomic mass is 16.8. The number of hydrogen-bond donors (Lipinski definition) is 9. The van der Waals surface area contributed by atoms with Gasteiger partial charge in [0.05, 0.1) is 19.0 Å². The van der Waals surface area contributed by atoms with Crippen LogP contribution in [0.4, 0.5) is 31.8 Å². The van der Waals surface area contributed by atoms with Crippen molar-refractivity contribution >= 4 is 117 Å². The van der Waals surface area contributed by atoms with Crippen molar-refractivity contribution in [3.05, 3.63) is 158 Å². The van der Waals surface area contributed by atoms with Gasteiger partial charge >= 0.3 is 36.0 Å². The zero-order valence-corrected chi connectivity index (χ0v) is 65.2. The summed E-state index contributed by atoms with van der Waals surface area (Å²) in [5.74, 6) is -3.96. The van der Waals surface area contributed by atoms with Gasteiger partial charge in [0.2, 0.25) is 0 Å². The van der Waals surface area contributed by atoms with Crippen LogP contribution in [-0.2, 0) is 71.4 Å². The lowest BCUT2D eigenvalue weighted by atomic mass is 10.1. The maximum absolute atomic E-state index is 13.7. The molecule has 3 aromatic carbocycles. The number of anilines is 3. The van der Waals surface area contributed by atoms with E-state index in [-0.39, 0.29) is 17.5 Å². The molecule has 42 heteroatoms. The smallest absolute Gasteiger partial charge is 0.326 e. The van der Waals surface area contributed by atoms with Gasteiger partial charge in [0, 0.05) is 44.8 Å². The van der Waals surface area contributed by atoms with Crippen LogP contribution in [0.15, 0.2) is 141 Å². The average molecular weight is 1660 g/mol. The number of aromatic nitrogens is 12. The Labute approximate surface area is 687 Å². The molecule has 9 aromatic rings. The van der Waals surface area contributed by atoms with Crippen molar-refractivity contribution in [3.63, 3.8) is 0 Å². The number of carbonyl (C=O) groups is 9. The highest BCUT2D eigenvalue weighted by molar-refractivity contribution is 5.98. The summed E-state index contributed by atoms with van der Waals surface area (Å²) in [6.07, 6.45) is 5.42. The van der Waals surface area contributed by atoms with Crippen LogP contribution in [0.1, 0.15) is 101 Å². The quantitative estimate of drug-likeness (QED) is 0.0487. The van der Waals surface area contributed by atoms with Gasteiger partial charge in [0.15, 0.2) is 107 Å². The molecule has 0 saturated carbocycles. The number of imidazole rings is 3. The van der Waals surface area contributed by atoms with Crippen LogP contribution < -0.4 is 31.9 Å². The molecule has 9 aliphatic heterocycles. The Morgan fingerprint density at radius 1 is 0.388 bits per heavy atom. The largest absolute Gasteiger partial charge is 0.480 e. The second kappa shape index (κ2) is 35.9. The average Bonchev–Trinajstić information content (AvgIpc) is 1.59. The molecule has 632 valence electrons. The summed E-state index contributed by atoms with van der Waals surface area (Å²) in [6.45, 7) is 7.62. The van der Waals surface area contributed by atoms with Crippen molar-refractivity contribution in [2.24, 2.45) is 0 Å². The molecule has 18 atom stereocenters. The molecule has 9 amide bonds. The lowest BCUT2D eigenvalue weighted by Gasteiger charge is -2.27. The number of nitrogens with one attached hydrogen (secondary N) is 6. The summed E-state index contributed by atoms with van der Waals surface area (Å²) in [4.78, 5) is 155. The number of ether oxygens (including phenoxy) is 9. The van der Waals surface area contributed by atoms with Crippen molar-refractivity contribution in [2.75, 3.05) is 55.2 Å². The number of amides is 9. The first-order valence-electron chi connectivity index (χ1n) is 39.5. The minimum absolute atomic E-state index is 0.204. The van der Waals surface area contributed by atoms with E-state index in [9.17, 15) is 58.5 Å². The predicted octanol–water partition coefficient (Wildman–Crippen LogP) is 4.95. The van der Waals surface area contributed by atoms with E-state index in [1.54, 1.807) is 46.6 Å². The maximum Gasteiger partial charge on any atom is 0.326 e. The molecule has 0 aliphatic carbocycles. The first-order valence-corrected chi connectivity index (χ1v) is 39.5. The van der Waals surface area contributed by atoms with Gasteiger partial charge < -0.3 is 88.6 Å². The Bertz CT molecular complexity index is 5170. The van der Waals surface area contributed by atoms with E-state index in [1.165, 1.54) is 52.7 Å². The van der Waals surface area contributed by atoms with E-state index in [2.05, 4.69) is 76.8 Å². The topological polar surface area (TPSA) is 510 Å². The molecule has 15 heterocycles. The summed E-state index contributed by atoms with van der Waals surface area (Å²) in [6, 6.07) is 24.5. The number of likely N-dealkylation sites (tertiary alicyclic amines) is 3. The van der Waals surface area contributed by atoms with Gasteiger partial charge in [-0.3, -0.25) is 44.0 Å². The number of hydrogen-bond acceptors (Lipinski definition) is 27. The molecule has 9 fully saturated rings. The van der Waals surface area contributed by atoms with E-state index in [1.807, 2.05) is 103 Å². The normalized spacial score (nSPS) is 27.6. The molecule has 121 heavy (non-hydrogen) atoms. The minimum atomic E-state index is -1.12. The standard InChI is InChI=1S/2C27H29N7O7.C25H27N7O7/c2*1-2-28-27(38)32-22-18-23(30-13-29-22)34(14-31-18)25-21-19(39-17(40-21)11-10-15-7-4-3-5-8-15)20(41-25)24(35)33-12-6-9-16(33)26(36)37;1-2-26-25(36)30-19-15-20(28-11-27-19)32(12-29-15)22-18-16(38-24(39-18)13-7-4-3-5-8-13)17(37-22)21(33)31-10-6-9-14(31)23(34)35/h2*3-5,7-8,10-11,13-14,16-17,19-21,25H,2,6,9,12H2,1H3,(H,36,37)(H2,28,29,30,32,38);3-5,7-8,11-12,14,16-18,22,24H,2,6,9-10H2,1H3,(H,34,35)(H2,26,27,28,30,36)/b2*11-10+;/t2*16-,17-,19?,20?,21?,25?;14-,16?,17?,18?,22?,24+/m000/s1. The summed E-state index contributed by atoms with van der Waals surface area (Å²) >= 11 is 0. The van der Waals surface area contributed by atoms with Crippen LogP contribution in [0.2, 0.25) is 0 Å². The molecule has 0 spiro atoms. The lowest BCUT2D eigenvalue weighted by molar-refractivity contribution is -0.171. The van der Waals surface area contributed by atoms with Gasteiger partial charge in [-0.1, -0.05) is 103 Å². The zero-order chi connectivity index (χ0) is 84.1. The van der Waals surface area contributed by atoms with Gasteiger partial charge in [-0.2, -0.15) is 0 Å². The number of rotatable bonds is 20. The van der Waals surface area contributed by atoms with E-state index in [0.717, 1.165) is 16.7 Å². The number of carboxylic acid groups (broad SMARTS) is 3. The number of aliphatic carboxylic acids is 3. The van der Waals surface area contributed by atoms with Gasteiger partial charge in [0.25, 0.3) is 17.7 Å². The third-order valence-electron chi connectivity index (χ3n) is 21.7. The fourth-order valence-electron chi connectivity index (χ4n) is 16.2. The second-order valence-corrected chi connectivity index (χ2v) is 29.1. The first kappa shape index (κ1) is 81.8. The first-order chi connectivity index (χ1) is 58.8. The molecule has 18 rings (SSSR count). The van der Waals surface area contributed by atoms with E-state index in [0.29, 0.717) is 111 Å². The van der Waals surface area contributed by atoms with Crippen LogP contribution in [-0.4, -0.2) is 267 Å². The molecule has 0 radical (unpaired) electrons. The van der Waals surface area contributed by atoms with Crippen molar-refractivity contribution in [1.82, 2.24) is 89.2 Å². The molecule has 9 saturated heterocycles. The highest BCUT2D eigenvalue weighted by Gasteiger charge is 2.61. The summed E-state index contributed by atoms with van der Waals surface area (Å²) in [5.41, 5.74) is 4.67.